The second kappa shape index (κ2) is 5.54. The first-order chi connectivity index (χ1) is 9.10. The molecule has 1 aromatic carbocycles. The van der Waals surface area contributed by atoms with Crippen LogP contribution in [0.4, 0.5) is 5.69 Å². The summed E-state index contributed by atoms with van der Waals surface area (Å²) in [6.45, 7) is 1.98. The maximum absolute atomic E-state index is 11.4. The monoisotopic (exact) mass is 257 g/mol. The number of ether oxygens (including phenoxy) is 1. The lowest BCUT2D eigenvalue weighted by atomic mass is 10.1. The molecule has 1 aliphatic carbocycles. The average molecular weight is 257 g/mol. The fraction of sp³-hybridized carbons (Fsp3) is 0.133. The molecule has 0 amide bonds. The molecular weight excluding hydrogens is 242 g/mol. The third kappa shape index (κ3) is 3.11. The van der Waals surface area contributed by atoms with Gasteiger partial charge in [-0.15, -0.1) is 0 Å². The predicted octanol–water partition coefficient (Wildman–Crippen LogP) is 2.74. The van der Waals surface area contributed by atoms with Crippen LogP contribution in [0.2, 0.25) is 0 Å². The molecule has 0 aliphatic heterocycles. The van der Waals surface area contributed by atoms with Gasteiger partial charge < -0.3 is 4.74 Å². The molecule has 0 radical (unpaired) electrons. The van der Waals surface area contributed by atoms with Crippen molar-refractivity contribution in [1.82, 2.24) is 0 Å². The van der Waals surface area contributed by atoms with Gasteiger partial charge in [-0.2, -0.15) is 0 Å². The van der Waals surface area contributed by atoms with Gasteiger partial charge in [-0.3, -0.25) is 10.0 Å². The number of carbonyl (C=O) groups is 1. The summed E-state index contributed by atoms with van der Waals surface area (Å²) >= 11 is 0. The van der Waals surface area contributed by atoms with Gasteiger partial charge in [0.25, 0.3) is 0 Å². The summed E-state index contributed by atoms with van der Waals surface area (Å²) < 4.78 is 4.96. The minimum absolute atomic E-state index is 0.181. The minimum Gasteiger partial charge on any atom is -0.493 e. The predicted molar refractivity (Wildman–Crippen MR) is 72.8 cm³/mol. The van der Waals surface area contributed by atoms with E-state index in [1.807, 2.05) is 31.2 Å². The summed E-state index contributed by atoms with van der Waals surface area (Å²) in [5.41, 5.74) is 2.45. The normalized spacial score (nSPS) is 16.5. The van der Waals surface area contributed by atoms with Gasteiger partial charge in [0.15, 0.2) is 5.76 Å². The highest BCUT2D eigenvalue weighted by molar-refractivity contribution is 6.04. The Morgan fingerprint density at radius 3 is 2.53 bits per heavy atom. The second-order valence-electron chi connectivity index (χ2n) is 4.22. The van der Waals surface area contributed by atoms with Crippen LogP contribution in [0.5, 0.6) is 0 Å². The lowest BCUT2D eigenvalue weighted by molar-refractivity contribution is -0.114. The van der Waals surface area contributed by atoms with Crippen LogP contribution in [-0.2, 0) is 9.53 Å². The molecule has 1 N–H and O–H groups in total. The van der Waals surface area contributed by atoms with E-state index in [4.69, 9.17) is 4.74 Å². The van der Waals surface area contributed by atoms with E-state index in [1.165, 1.54) is 19.4 Å². The standard InChI is InChI=1S/C15H15NO3/c1-11-3-6-13(7-4-11)16(18)10-12-5-8-14(17)15(9-12)19-2/h3-10,18H,1-2H3/b12-10+. The number of ketones is 1. The van der Waals surface area contributed by atoms with Gasteiger partial charge >= 0.3 is 0 Å². The van der Waals surface area contributed by atoms with Crippen molar-refractivity contribution in [2.75, 3.05) is 12.2 Å². The van der Waals surface area contributed by atoms with Gasteiger partial charge in [-0.25, -0.2) is 5.06 Å². The average Bonchev–Trinajstić information content (AvgIpc) is 2.41. The number of carbonyl (C=O) groups excluding carboxylic acids is 1. The Labute approximate surface area is 111 Å². The quantitative estimate of drug-likeness (QED) is 0.846. The van der Waals surface area contributed by atoms with Crippen molar-refractivity contribution in [3.8, 4) is 0 Å². The Morgan fingerprint density at radius 1 is 1.21 bits per heavy atom. The molecule has 4 nitrogen and oxygen atoms in total. The molecular formula is C15H15NO3. The smallest absolute Gasteiger partial charge is 0.220 e. The van der Waals surface area contributed by atoms with Crippen molar-refractivity contribution in [1.29, 1.82) is 0 Å². The third-order valence-electron chi connectivity index (χ3n) is 2.76. The SMILES string of the molecule is COC1=C/C(=C/N(O)c2ccc(C)cc2)C=CC1=O. The fourth-order valence-corrected chi connectivity index (χ4v) is 1.68. The number of hydrogen-bond acceptors (Lipinski definition) is 4. The number of nitrogens with zero attached hydrogens (tertiary/aromatic N) is 1. The maximum Gasteiger partial charge on any atom is 0.220 e. The lowest BCUT2D eigenvalue weighted by Crippen LogP contribution is -2.11. The Balaban J connectivity index is 2.21. The van der Waals surface area contributed by atoms with Crippen molar-refractivity contribution < 1.29 is 14.7 Å². The molecule has 1 aliphatic rings. The van der Waals surface area contributed by atoms with Crippen LogP contribution in [0.1, 0.15) is 5.56 Å². The van der Waals surface area contributed by atoms with Crippen molar-refractivity contribution in [3.63, 3.8) is 0 Å². The number of allylic oxidation sites excluding steroid dienone is 4. The minimum atomic E-state index is -0.181. The summed E-state index contributed by atoms with van der Waals surface area (Å²) in [7, 11) is 1.44. The number of methoxy groups -OCH3 is 1. The zero-order chi connectivity index (χ0) is 13.8. The molecule has 2 rings (SSSR count). The van der Waals surface area contributed by atoms with Gasteiger partial charge in [-0.1, -0.05) is 17.7 Å². The van der Waals surface area contributed by atoms with Gasteiger partial charge in [0.1, 0.15) is 0 Å². The molecule has 0 aromatic heterocycles. The maximum atomic E-state index is 11.4. The molecule has 0 heterocycles. The topological polar surface area (TPSA) is 49.8 Å². The van der Waals surface area contributed by atoms with E-state index in [-0.39, 0.29) is 11.5 Å². The van der Waals surface area contributed by atoms with Gasteiger partial charge in [0.2, 0.25) is 5.78 Å². The van der Waals surface area contributed by atoms with Crippen LogP contribution in [0, 0.1) is 6.92 Å². The highest BCUT2D eigenvalue weighted by Crippen LogP contribution is 2.18. The number of aryl methyl sites for hydroxylation is 1. The van der Waals surface area contributed by atoms with E-state index in [0.717, 1.165) is 10.6 Å². The Bertz CT molecular complexity index is 568. The van der Waals surface area contributed by atoms with Crippen molar-refractivity contribution in [3.05, 3.63) is 65.6 Å². The van der Waals surface area contributed by atoms with Crippen LogP contribution in [0.25, 0.3) is 0 Å². The van der Waals surface area contributed by atoms with E-state index in [9.17, 15) is 10.0 Å². The first kappa shape index (κ1) is 13.1. The number of rotatable bonds is 3. The summed E-state index contributed by atoms with van der Waals surface area (Å²) in [4.78, 5) is 11.4. The Hall–Kier alpha value is -2.33. The number of hydroxylamine groups is 1. The fourth-order valence-electron chi connectivity index (χ4n) is 1.68. The zero-order valence-corrected chi connectivity index (χ0v) is 10.8. The molecule has 0 saturated heterocycles. The molecule has 4 heteroatoms. The van der Waals surface area contributed by atoms with Gasteiger partial charge in [0, 0.05) is 6.20 Å². The van der Waals surface area contributed by atoms with E-state index >= 15 is 0 Å². The Morgan fingerprint density at radius 2 is 1.89 bits per heavy atom. The first-order valence-electron chi connectivity index (χ1n) is 5.85. The molecule has 98 valence electrons. The van der Waals surface area contributed by atoms with Crippen LogP contribution in [0.3, 0.4) is 0 Å². The molecule has 19 heavy (non-hydrogen) atoms. The highest BCUT2D eigenvalue weighted by Gasteiger charge is 2.12. The number of anilines is 1. The second-order valence-corrected chi connectivity index (χ2v) is 4.22. The third-order valence-corrected chi connectivity index (χ3v) is 2.76. The number of hydrogen-bond donors (Lipinski definition) is 1. The first-order valence-corrected chi connectivity index (χ1v) is 5.85. The molecule has 0 atom stereocenters. The van der Waals surface area contributed by atoms with Crippen LogP contribution in [0.15, 0.2) is 60.0 Å². The van der Waals surface area contributed by atoms with Crippen LogP contribution >= 0.6 is 0 Å². The molecule has 0 bridgehead atoms. The van der Waals surface area contributed by atoms with Crippen molar-refractivity contribution in [2.45, 2.75) is 6.92 Å². The Kier molecular flexibility index (Phi) is 3.82. The number of benzene rings is 1. The van der Waals surface area contributed by atoms with E-state index < -0.39 is 0 Å². The molecule has 0 unspecified atom stereocenters. The molecule has 0 saturated carbocycles. The summed E-state index contributed by atoms with van der Waals surface area (Å²) in [5.74, 6) is 0.0746. The van der Waals surface area contributed by atoms with Gasteiger partial charge in [0.05, 0.1) is 12.8 Å². The van der Waals surface area contributed by atoms with Crippen molar-refractivity contribution in [2.24, 2.45) is 0 Å². The van der Waals surface area contributed by atoms with Crippen molar-refractivity contribution >= 4 is 11.5 Å². The summed E-state index contributed by atoms with van der Waals surface area (Å²) in [6.07, 6.45) is 6.14. The largest absolute Gasteiger partial charge is 0.493 e. The van der Waals surface area contributed by atoms with Crippen LogP contribution < -0.4 is 5.06 Å². The zero-order valence-electron chi connectivity index (χ0n) is 10.8. The van der Waals surface area contributed by atoms with Gasteiger partial charge in [-0.05, 0) is 42.9 Å². The molecule has 1 aromatic rings. The molecule has 0 spiro atoms. The van der Waals surface area contributed by atoms with Crippen LogP contribution in [-0.4, -0.2) is 18.1 Å². The molecule has 0 fully saturated rings. The van der Waals surface area contributed by atoms with E-state index in [0.29, 0.717) is 11.3 Å². The summed E-state index contributed by atoms with van der Waals surface area (Å²) in [6, 6.07) is 7.44. The van der Waals surface area contributed by atoms with E-state index in [2.05, 4.69) is 0 Å². The van der Waals surface area contributed by atoms with E-state index in [1.54, 1.807) is 12.2 Å². The summed E-state index contributed by atoms with van der Waals surface area (Å²) in [5, 5.41) is 11.0. The lowest BCUT2D eigenvalue weighted by Gasteiger charge is -2.14. The highest BCUT2D eigenvalue weighted by atomic mass is 16.5.